The Hall–Kier alpha value is -1.66. The zero-order chi connectivity index (χ0) is 17.5. The van der Waals surface area contributed by atoms with Gasteiger partial charge in [0.25, 0.3) is 10.0 Å². The van der Waals surface area contributed by atoms with Crippen LogP contribution in [0.1, 0.15) is 45.2 Å². The molecule has 1 saturated heterocycles. The van der Waals surface area contributed by atoms with Gasteiger partial charge in [0, 0.05) is 25.0 Å². The molecular formula is C18H25N3O2S. The van der Waals surface area contributed by atoms with Gasteiger partial charge in [0.15, 0.2) is 5.03 Å². The van der Waals surface area contributed by atoms with Crippen molar-refractivity contribution < 1.29 is 8.42 Å². The maximum absolute atomic E-state index is 13.2. The van der Waals surface area contributed by atoms with Crippen molar-refractivity contribution in [1.82, 2.24) is 14.1 Å². The van der Waals surface area contributed by atoms with E-state index in [1.807, 2.05) is 32.0 Å². The van der Waals surface area contributed by atoms with Crippen LogP contribution < -0.4 is 0 Å². The Balaban J connectivity index is 1.95. The first-order valence-corrected chi connectivity index (χ1v) is 9.76. The predicted molar refractivity (Wildman–Crippen MR) is 94.3 cm³/mol. The minimum absolute atomic E-state index is 0.00492. The van der Waals surface area contributed by atoms with Gasteiger partial charge in [0.1, 0.15) is 0 Å². The van der Waals surface area contributed by atoms with E-state index in [0.29, 0.717) is 13.1 Å². The normalized spacial score (nSPS) is 21.5. The van der Waals surface area contributed by atoms with E-state index in [1.165, 1.54) is 5.56 Å². The van der Waals surface area contributed by atoms with Crippen LogP contribution in [-0.4, -0.2) is 35.6 Å². The topological polar surface area (TPSA) is 55.2 Å². The van der Waals surface area contributed by atoms with Crippen LogP contribution in [0.4, 0.5) is 0 Å². The number of aromatic nitrogens is 2. The van der Waals surface area contributed by atoms with Crippen LogP contribution in [-0.2, 0) is 10.0 Å². The molecule has 1 aliphatic heterocycles. The summed E-state index contributed by atoms with van der Waals surface area (Å²) in [6, 6.07) is 11.8. The van der Waals surface area contributed by atoms with Gasteiger partial charge >= 0.3 is 0 Å². The van der Waals surface area contributed by atoms with E-state index in [2.05, 4.69) is 31.1 Å². The monoisotopic (exact) mass is 347 g/mol. The van der Waals surface area contributed by atoms with E-state index >= 15 is 0 Å². The van der Waals surface area contributed by atoms with Crippen LogP contribution in [0, 0.1) is 5.41 Å². The molecule has 0 aliphatic carbocycles. The number of hydrogen-bond acceptors (Lipinski definition) is 3. The lowest BCUT2D eigenvalue weighted by Crippen LogP contribution is -2.32. The van der Waals surface area contributed by atoms with E-state index in [9.17, 15) is 8.42 Å². The molecule has 1 aromatic heterocycles. The molecule has 5 nitrogen and oxygen atoms in total. The average Bonchev–Trinajstić information content (AvgIpc) is 3.13. The van der Waals surface area contributed by atoms with Crippen LogP contribution in [0.15, 0.2) is 47.6 Å². The van der Waals surface area contributed by atoms with Crippen molar-refractivity contribution >= 4 is 10.0 Å². The van der Waals surface area contributed by atoms with Gasteiger partial charge < -0.3 is 0 Å². The number of benzene rings is 1. The lowest BCUT2D eigenvalue weighted by atomic mass is 9.78. The third kappa shape index (κ3) is 2.89. The zero-order valence-electron chi connectivity index (χ0n) is 14.7. The van der Waals surface area contributed by atoms with Crippen LogP contribution in [0.3, 0.4) is 0 Å². The molecule has 0 radical (unpaired) electrons. The maximum Gasteiger partial charge on any atom is 0.260 e. The SMILES string of the molecule is CC(C)n1nccc1S(=O)(=O)N1C[C@H](c2ccccc2)C(C)(C)C1. The van der Waals surface area contributed by atoms with Crippen molar-refractivity contribution in [3.63, 3.8) is 0 Å². The zero-order valence-corrected chi connectivity index (χ0v) is 15.5. The summed E-state index contributed by atoms with van der Waals surface area (Å²) < 4.78 is 29.5. The van der Waals surface area contributed by atoms with E-state index in [1.54, 1.807) is 21.3 Å². The van der Waals surface area contributed by atoms with Crippen LogP contribution in [0.25, 0.3) is 0 Å². The standard InChI is InChI=1S/C18H25N3O2S/c1-14(2)21-17(10-11-19-21)24(22,23)20-12-16(18(3,4)13-20)15-8-6-5-7-9-15/h5-11,14,16H,12-13H2,1-4H3/t16-/m1/s1. The molecule has 3 rings (SSSR count). The Labute approximate surface area is 144 Å². The molecule has 0 saturated carbocycles. The highest BCUT2D eigenvalue weighted by molar-refractivity contribution is 7.89. The minimum Gasteiger partial charge on any atom is -0.250 e. The largest absolute Gasteiger partial charge is 0.260 e. The number of nitrogens with zero attached hydrogens (tertiary/aromatic N) is 3. The molecule has 0 unspecified atom stereocenters. The van der Waals surface area contributed by atoms with Gasteiger partial charge in [-0.15, -0.1) is 0 Å². The molecule has 1 fully saturated rings. The lowest BCUT2D eigenvalue weighted by Gasteiger charge is -2.25. The van der Waals surface area contributed by atoms with E-state index in [0.717, 1.165) is 0 Å². The quantitative estimate of drug-likeness (QED) is 0.853. The molecule has 0 N–H and O–H groups in total. The van der Waals surface area contributed by atoms with Gasteiger partial charge in [-0.2, -0.15) is 9.40 Å². The molecule has 1 atom stereocenters. The molecule has 24 heavy (non-hydrogen) atoms. The van der Waals surface area contributed by atoms with Gasteiger partial charge in [-0.1, -0.05) is 44.2 Å². The molecule has 0 amide bonds. The fraction of sp³-hybridized carbons (Fsp3) is 0.500. The fourth-order valence-corrected chi connectivity index (χ4v) is 5.37. The molecule has 2 aromatic rings. The molecule has 1 aliphatic rings. The minimum atomic E-state index is -3.55. The van der Waals surface area contributed by atoms with Crippen molar-refractivity contribution in [1.29, 1.82) is 0 Å². The Morgan fingerprint density at radius 2 is 1.83 bits per heavy atom. The first kappa shape index (κ1) is 17.2. The number of rotatable bonds is 4. The first-order valence-electron chi connectivity index (χ1n) is 8.32. The van der Waals surface area contributed by atoms with Crippen molar-refractivity contribution in [2.45, 2.75) is 44.7 Å². The summed E-state index contributed by atoms with van der Waals surface area (Å²) in [7, 11) is -3.55. The van der Waals surface area contributed by atoms with Crippen molar-refractivity contribution in [2.75, 3.05) is 13.1 Å². The number of sulfonamides is 1. The van der Waals surface area contributed by atoms with Crippen LogP contribution >= 0.6 is 0 Å². The molecule has 130 valence electrons. The van der Waals surface area contributed by atoms with E-state index in [4.69, 9.17) is 0 Å². The molecular weight excluding hydrogens is 322 g/mol. The summed E-state index contributed by atoms with van der Waals surface area (Å²) in [5.74, 6) is 0.184. The van der Waals surface area contributed by atoms with Crippen molar-refractivity contribution in [2.24, 2.45) is 5.41 Å². The van der Waals surface area contributed by atoms with Crippen LogP contribution in [0.2, 0.25) is 0 Å². The Morgan fingerprint density at radius 3 is 2.46 bits per heavy atom. The third-order valence-corrected chi connectivity index (χ3v) is 6.65. The molecule has 2 heterocycles. The van der Waals surface area contributed by atoms with E-state index in [-0.39, 0.29) is 22.4 Å². The second kappa shape index (κ2) is 6.01. The average molecular weight is 347 g/mol. The highest BCUT2D eigenvalue weighted by Crippen LogP contribution is 2.44. The predicted octanol–water partition coefficient (Wildman–Crippen LogP) is 3.28. The summed E-state index contributed by atoms with van der Waals surface area (Å²) in [6.45, 7) is 9.17. The van der Waals surface area contributed by atoms with Gasteiger partial charge in [-0.25, -0.2) is 8.42 Å². The van der Waals surface area contributed by atoms with Gasteiger partial charge in [0.2, 0.25) is 0 Å². The second-order valence-corrected chi connectivity index (χ2v) is 9.34. The van der Waals surface area contributed by atoms with Crippen LogP contribution in [0.5, 0.6) is 0 Å². The lowest BCUT2D eigenvalue weighted by molar-refractivity contribution is 0.345. The summed E-state index contributed by atoms with van der Waals surface area (Å²) in [5, 5.41) is 4.46. The molecule has 0 spiro atoms. The number of hydrogen-bond donors (Lipinski definition) is 0. The van der Waals surface area contributed by atoms with E-state index < -0.39 is 10.0 Å². The smallest absolute Gasteiger partial charge is 0.250 e. The van der Waals surface area contributed by atoms with Crippen molar-refractivity contribution in [3.8, 4) is 0 Å². The maximum atomic E-state index is 13.2. The summed E-state index contributed by atoms with van der Waals surface area (Å²) in [4.78, 5) is 0. The molecule has 0 bridgehead atoms. The first-order chi connectivity index (χ1) is 11.2. The molecule has 1 aromatic carbocycles. The van der Waals surface area contributed by atoms with Crippen molar-refractivity contribution in [3.05, 3.63) is 48.2 Å². The molecule has 6 heteroatoms. The summed E-state index contributed by atoms with van der Waals surface area (Å²) in [6.07, 6.45) is 1.56. The fourth-order valence-electron chi connectivity index (χ4n) is 3.53. The summed E-state index contributed by atoms with van der Waals surface area (Å²) in [5.41, 5.74) is 1.08. The Bertz CT molecular complexity index is 810. The van der Waals surface area contributed by atoms with Gasteiger partial charge in [-0.3, -0.25) is 4.68 Å². The summed E-state index contributed by atoms with van der Waals surface area (Å²) >= 11 is 0. The highest BCUT2D eigenvalue weighted by atomic mass is 32.2. The van der Waals surface area contributed by atoms with Gasteiger partial charge in [0.05, 0.1) is 6.20 Å². The Morgan fingerprint density at radius 1 is 1.17 bits per heavy atom. The van der Waals surface area contributed by atoms with Gasteiger partial charge in [-0.05, 0) is 30.9 Å². The highest BCUT2D eigenvalue weighted by Gasteiger charge is 2.45. The second-order valence-electron chi connectivity index (χ2n) is 7.46. The third-order valence-electron chi connectivity index (χ3n) is 4.84. The Kier molecular flexibility index (Phi) is 4.30.